The monoisotopic (exact) mass is 329 g/mol. The topological polar surface area (TPSA) is 83.6 Å². The summed E-state index contributed by atoms with van der Waals surface area (Å²) in [5.41, 5.74) is 7.20. The van der Waals surface area contributed by atoms with Gasteiger partial charge in [0.1, 0.15) is 5.75 Å². The fraction of sp³-hybridized carbons (Fsp3) is 0.350. The molecular formula is C20H25NO3. The van der Waals surface area contributed by atoms with E-state index in [1.54, 1.807) is 6.07 Å². The molecule has 0 aromatic heterocycles. The van der Waals surface area contributed by atoms with Crippen LogP contribution in [0.3, 0.4) is 0 Å². The largest absolute Gasteiger partial charge is 0.507 e. The molecule has 0 aliphatic rings. The van der Waals surface area contributed by atoms with Gasteiger partial charge < -0.3 is 15.9 Å². The number of aryl methyl sites for hydroxylation is 1. The first-order valence-electron chi connectivity index (χ1n) is 8.32. The van der Waals surface area contributed by atoms with Crippen molar-refractivity contribution in [2.75, 3.05) is 0 Å². The summed E-state index contributed by atoms with van der Waals surface area (Å²) >= 11 is 0. The van der Waals surface area contributed by atoms with Crippen molar-refractivity contribution in [1.82, 2.24) is 0 Å². The molecule has 0 radical (unpaired) electrons. The van der Waals surface area contributed by atoms with Crippen molar-refractivity contribution in [2.24, 2.45) is 11.7 Å². The Morgan fingerprint density at radius 1 is 1.08 bits per heavy atom. The third kappa shape index (κ3) is 5.10. The molecule has 2 aromatic rings. The first-order chi connectivity index (χ1) is 11.5. The predicted molar refractivity (Wildman–Crippen MR) is 94.7 cm³/mol. The van der Waals surface area contributed by atoms with Crippen LogP contribution in [0.1, 0.15) is 53.8 Å². The van der Waals surface area contributed by atoms with Gasteiger partial charge in [0, 0.05) is 0 Å². The van der Waals surface area contributed by atoms with Gasteiger partial charge in [0.2, 0.25) is 0 Å². The van der Waals surface area contributed by atoms with Gasteiger partial charge in [0.15, 0.2) is 0 Å². The van der Waals surface area contributed by atoms with Gasteiger partial charge in [-0.1, -0.05) is 43.3 Å². The molecule has 1 amide bonds. The molecule has 0 spiro atoms. The molecule has 0 saturated carbocycles. The third-order valence-electron chi connectivity index (χ3n) is 4.37. The Morgan fingerprint density at radius 3 is 2.46 bits per heavy atom. The van der Waals surface area contributed by atoms with E-state index in [9.17, 15) is 15.0 Å². The molecule has 2 aromatic carbocycles. The molecule has 0 bridgehead atoms. The Kier molecular flexibility index (Phi) is 6.38. The fourth-order valence-corrected chi connectivity index (χ4v) is 2.77. The number of benzene rings is 2. The van der Waals surface area contributed by atoms with Crippen molar-refractivity contribution in [3.63, 3.8) is 0 Å². The second-order valence-corrected chi connectivity index (χ2v) is 6.36. The van der Waals surface area contributed by atoms with Crippen LogP contribution in [0.15, 0.2) is 48.5 Å². The van der Waals surface area contributed by atoms with Gasteiger partial charge in [-0.3, -0.25) is 4.79 Å². The minimum absolute atomic E-state index is 0.0451. The van der Waals surface area contributed by atoms with Gasteiger partial charge in [-0.15, -0.1) is 0 Å². The average molecular weight is 329 g/mol. The molecule has 24 heavy (non-hydrogen) atoms. The average Bonchev–Trinajstić information content (AvgIpc) is 2.59. The number of rotatable bonds is 8. The molecular weight excluding hydrogens is 304 g/mol. The first-order valence-corrected chi connectivity index (χ1v) is 8.32. The highest BCUT2D eigenvalue weighted by Gasteiger charge is 2.14. The van der Waals surface area contributed by atoms with Gasteiger partial charge in [0.25, 0.3) is 5.91 Å². The highest BCUT2D eigenvalue weighted by molar-refractivity contribution is 5.95. The lowest BCUT2D eigenvalue weighted by Gasteiger charge is -2.16. The number of hydrogen-bond acceptors (Lipinski definition) is 3. The number of phenols is 1. The third-order valence-corrected chi connectivity index (χ3v) is 4.37. The zero-order chi connectivity index (χ0) is 17.5. The first kappa shape index (κ1) is 18.0. The number of amides is 1. The highest BCUT2D eigenvalue weighted by Crippen LogP contribution is 2.26. The number of primary amides is 1. The summed E-state index contributed by atoms with van der Waals surface area (Å²) < 4.78 is 0. The predicted octanol–water partition coefficient (Wildman–Crippen LogP) is 3.57. The van der Waals surface area contributed by atoms with E-state index in [1.807, 2.05) is 18.2 Å². The van der Waals surface area contributed by atoms with Crippen molar-refractivity contribution >= 4 is 5.91 Å². The van der Waals surface area contributed by atoms with Gasteiger partial charge in [-0.2, -0.15) is 0 Å². The molecule has 4 nitrogen and oxygen atoms in total. The maximum atomic E-state index is 11.3. The van der Waals surface area contributed by atoms with Crippen LogP contribution >= 0.6 is 0 Å². The quantitative estimate of drug-likeness (QED) is 0.647. The number of carbonyl (C=O) groups excluding carboxylic acids is 1. The van der Waals surface area contributed by atoms with Crippen LogP contribution in [-0.4, -0.2) is 16.1 Å². The normalized spacial score (nSPS) is 13.4. The van der Waals surface area contributed by atoms with Crippen LogP contribution in [0.5, 0.6) is 5.75 Å². The number of aliphatic hydroxyl groups is 1. The lowest BCUT2D eigenvalue weighted by atomic mass is 9.93. The summed E-state index contributed by atoms with van der Waals surface area (Å²) in [6.07, 6.45) is 2.93. The minimum Gasteiger partial charge on any atom is -0.507 e. The zero-order valence-electron chi connectivity index (χ0n) is 14.0. The number of aromatic hydroxyl groups is 1. The van der Waals surface area contributed by atoms with E-state index in [1.165, 1.54) is 17.7 Å². The van der Waals surface area contributed by atoms with Crippen molar-refractivity contribution in [3.8, 4) is 5.75 Å². The van der Waals surface area contributed by atoms with E-state index in [-0.39, 0.29) is 11.3 Å². The Morgan fingerprint density at radius 2 is 1.79 bits per heavy atom. The maximum Gasteiger partial charge on any atom is 0.252 e. The molecule has 128 valence electrons. The summed E-state index contributed by atoms with van der Waals surface area (Å²) in [6.45, 7) is 2.18. The molecule has 4 heteroatoms. The molecule has 0 fully saturated rings. The smallest absolute Gasteiger partial charge is 0.252 e. The summed E-state index contributed by atoms with van der Waals surface area (Å²) in [5.74, 6) is -0.361. The Labute approximate surface area is 142 Å². The number of carbonyl (C=O) groups is 1. The minimum atomic E-state index is -0.697. The molecule has 2 atom stereocenters. The summed E-state index contributed by atoms with van der Waals surface area (Å²) in [7, 11) is 0. The van der Waals surface area contributed by atoms with Crippen LogP contribution in [0, 0.1) is 5.92 Å². The standard InChI is InChI=1S/C20H25NO3/c1-14(7-9-15-5-3-2-4-6-15)8-11-18(22)16-10-12-19(23)17(13-16)20(21)24/h2-6,10,12-14,18,22-23H,7-9,11H2,1H3,(H2,21,24)/i24+2. The Balaban J connectivity index is 1.85. The van der Waals surface area contributed by atoms with Crippen LogP contribution in [0.4, 0.5) is 0 Å². The lowest BCUT2D eigenvalue weighted by Crippen LogP contribution is -2.12. The zero-order valence-corrected chi connectivity index (χ0v) is 14.0. The van der Waals surface area contributed by atoms with Crippen molar-refractivity contribution in [3.05, 3.63) is 65.2 Å². The van der Waals surface area contributed by atoms with Crippen molar-refractivity contribution in [2.45, 2.75) is 38.7 Å². The molecule has 2 unspecified atom stereocenters. The van der Waals surface area contributed by atoms with Gasteiger partial charge in [-0.25, -0.2) is 0 Å². The van der Waals surface area contributed by atoms with Crippen LogP contribution in [0.2, 0.25) is 0 Å². The second-order valence-electron chi connectivity index (χ2n) is 6.36. The fourth-order valence-electron chi connectivity index (χ4n) is 2.77. The van der Waals surface area contributed by atoms with Crippen molar-refractivity contribution in [1.29, 1.82) is 0 Å². The SMILES string of the molecule is CC(CCc1ccccc1)CCC(O)c1ccc(O)c(C(N)=[18O])c1. The van der Waals surface area contributed by atoms with E-state index in [0.29, 0.717) is 17.9 Å². The Hall–Kier alpha value is -2.33. The van der Waals surface area contributed by atoms with Gasteiger partial charge in [0.05, 0.1) is 11.7 Å². The van der Waals surface area contributed by atoms with Crippen LogP contribution < -0.4 is 5.73 Å². The summed E-state index contributed by atoms with van der Waals surface area (Å²) in [6, 6.07) is 14.9. The van der Waals surface area contributed by atoms with E-state index in [2.05, 4.69) is 19.1 Å². The van der Waals surface area contributed by atoms with Crippen LogP contribution in [-0.2, 0) is 6.42 Å². The molecule has 2 rings (SSSR count). The summed E-state index contributed by atoms with van der Waals surface area (Å²) in [4.78, 5) is 11.3. The van der Waals surface area contributed by atoms with E-state index in [0.717, 1.165) is 19.3 Å². The highest BCUT2D eigenvalue weighted by atomic mass is 18.1. The maximum absolute atomic E-state index is 11.3. The number of nitrogens with two attached hydrogens (primary N) is 1. The molecule has 0 saturated heterocycles. The van der Waals surface area contributed by atoms with Gasteiger partial charge in [-0.05, 0) is 54.9 Å². The van der Waals surface area contributed by atoms with Crippen molar-refractivity contribution < 1.29 is 15.0 Å². The lowest BCUT2D eigenvalue weighted by molar-refractivity contribution is 0.0997. The molecule has 0 heterocycles. The number of hydrogen-bond donors (Lipinski definition) is 3. The van der Waals surface area contributed by atoms with Crippen LogP contribution in [0.25, 0.3) is 0 Å². The van der Waals surface area contributed by atoms with E-state index in [4.69, 9.17) is 5.73 Å². The summed E-state index contributed by atoms with van der Waals surface area (Å²) in [5, 5.41) is 19.9. The number of aliphatic hydroxyl groups excluding tert-OH is 1. The van der Waals surface area contributed by atoms with E-state index >= 15 is 0 Å². The molecule has 0 aliphatic heterocycles. The van der Waals surface area contributed by atoms with E-state index < -0.39 is 12.0 Å². The second kappa shape index (κ2) is 8.50. The van der Waals surface area contributed by atoms with Gasteiger partial charge >= 0.3 is 0 Å². The molecule has 4 N–H and O–H groups in total. The Bertz CT molecular complexity index is 670. The molecule has 0 aliphatic carbocycles.